The molecule has 11 heteroatoms. The number of hydrogen-bond donors (Lipinski definition) is 2. The highest BCUT2D eigenvalue weighted by Gasteiger charge is 2.48. The van der Waals surface area contributed by atoms with Gasteiger partial charge in [-0.25, -0.2) is 0 Å². The van der Waals surface area contributed by atoms with E-state index in [-0.39, 0.29) is 48.4 Å². The van der Waals surface area contributed by atoms with Gasteiger partial charge in [-0.3, -0.25) is 14.4 Å². The van der Waals surface area contributed by atoms with Crippen LogP contribution in [0, 0.1) is 17.2 Å². The number of amides is 3. The lowest BCUT2D eigenvalue weighted by atomic mass is 9.75. The minimum Gasteiger partial charge on any atom is -0.405 e. The van der Waals surface area contributed by atoms with Crippen molar-refractivity contribution in [3.63, 3.8) is 0 Å². The van der Waals surface area contributed by atoms with Crippen molar-refractivity contribution in [3.05, 3.63) is 29.3 Å². The lowest BCUT2D eigenvalue weighted by Crippen LogP contribution is -2.64. The van der Waals surface area contributed by atoms with Gasteiger partial charge in [-0.15, -0.1) is 13.2 Å². The van der Waals surface area contributed by atoms with Crippen LogP contribution in [0.4, 0.5) is 13.2 Å². The van der Waals surface area contributed by atoms with Gasteiger partial charge in [0.25, 0.3) is 0 Å². The summed E-state index contributed by atoms with van der Waals surface area (Å²) in [6.07, 6.45) is -1.58. The number of benzene rings is 1. The fourth-order valence-electron chi connectivity index (χ4n) is 4.27. The van der Waals surface area contributed by atoms with E-state index in [1.807, 2.05) is 0 Å². The summed E-state index contributed by atoms with van der Waals surface area (Å²) in [6, 6.07) is 5.36. The smallest absolute Gasteiger partial charge is 0.405 e. The number of alkyl halides is 3. The molecule has 0 aromatic heterocycles. The first-order chi connectivity index (χ1) is 16.1. The SMILES string of the molecule is CCC(=O)NC1(C(=O)N2CCCC(C(=O)NCc3ccc(C#N)cc3OC(F)(F)F)C2)CCC1. The summed E-state index contributed by atoms with van der Waals surface area (Å²) in [7, 11) is 0. The van der Waals surface area contributed by atoms with E-state index >= 15 is 0 Å². The Morgan fingerprint density at radius 1 is 1.26 bits per heavy atom. The lowest BCUT2D eigenvalue weighted by Gasteiger charge is -2.45. The van der Waals surface area contributed by atoms with E-state index in [0.29, 0.717) is 32.2 Å². The van der Waals surface area contributed by atoms with Gasteiger partial charge in [0.15, 0.2) is 0 Å². The standard InChI is InChI=1S/C23H27F3N4O4/c1-2-19(31)29-22(8-4-9-22)21(33)30-10-3-5-17(14-30)20(32)28-13-16-7-6-15(12-27)11-18(16)34-23(24,25)26/h6-7,11,17H,2-5,8-10,13-14H2,1H3,(H,28,32)(H,29,31). The molecule has 34 heavy (non-hydrogen) atoms. The Morgan fingerprint density at radius 2 is 2.00 bits per heavy atom. The van der Waals surface area contributed by atoms with Gasteiger partial charge in [-0.05, 0) is 44.2 Å². The Balaban J connectivity index is 1.63. The second kappa shape index (κ2) is 10.3. The zero-order valence-electron chi connectivity index (χ0n) is 18.8. The van der Waals surface area contributed by atoms with E-state index in [4.69, 9.17) is 5.26 Å². The number of hydrogen-bond acceptors (Lipinski definition) is 5. The number of nitriles is 1. The third-order valence-corrected chi connectivity index (χ3v) is 6.27. The zero-order chi connectivity index (χ0) is 24.9. The van der Waals surface area contributed by atoms with Gasteiger partial charge in [0.05, 0.1) is 17.6 Å². The number of carbonyl (C=O) groups excluding carboxylic acids is 3. The van der Waals surface area contributed by atoms with E-state index in [2.05, 4.69) is 15.4 Å². The molecule has 2 N–H and O–H groups in total. The lowest BCUT2D eigenvalue weighted by molar-refractivity contribution is -0.274. The highest BCUT2D eigenvalue weighted by molar-refractivity contribution is 5.93. The predicted octanol–water partition coefficient (Wildman–Crippen LogP) is 2.76. The van der Waals surface area contributed by atoms with Crippen LogP contribution in [0.15, 0.2) is 18.2 Å². The zero-order valence-corrected chi connectivity index (χ0v) is 18.8. The molecule has 184 valence electrons. The van der Waals surface area contributed by atoms with E-state index in [9.17, 15) is 27.6 Å². The fourth-order valence-corrected chi connectivity index (χ4v) is 4.27. The predicted molar refractivity (Wildman–Crippen MR) is 114 cm³/mol. The third kappa shape index (κ3) is 5.98. The van der Waals surface area contributed by atoms with Gasteiger partial charge >= 0.3 is 6.36 Å². The van der Waals surface area contributed by atoms with Gasteiger partial charge in [0, 0.05) is 31.6 Å². The van der Waals surface area contributed by atoms with Crippen molar-refractivity contribution in [1.82, 2.24) is 15.5 Å². The van der Waals surface area contributed by atoms with Crippen molar-refractivity contribution in [2.45, 2.75) is 63.9 Å². The Labute approximate surface area is 195 Å². The average molecular weight is 480 g/mol. The molecular weight excluding hydrogens is 453 g/mol. The third-order valence-electron chi connectivity index (χ3n) is 6.27. The summed E-state index contributed by atoms with van der Waals surface area (Å²) >= 11 is 0. The maximum atomic E-state index is 13.2. The Hall–Kier alpha value is -3.29. The van der Waals surface area contributed by atoms with Crippen LogP contribution in [0.25, 0.3) is 0 Å². The number of nitrogens with zero attached hydrogens (tertiary/aromatic N) is 2. The number of piperidine rings is 1. The molecule has 0 radical (unpaired) electrons. The topological polar surface area (TPSA) is 112 Å². The molecule has 2 aliphatic rings. The highest BCUT2D eigenvalue weighted by Crippen LogP contribution is 2.35. The van der Waals surface area contributed by atoms with E-state index < -0.39 is 23.6 Å². The van der Waals surface area contributed by atoms with Gasteiger partial charge in [0.1, 0.15) is 11.3 Å². The van der Waals surface area contributed by atoms with Crippen molar-refractivity contribution in [2.75, 3.05) is 13.1 Å². The molecule has 1 unspecified atom stereocenters. The highest BCUT2D eigenvalue weighted by atomic mass is 19.4. The summed E-state index contributed by atoms with van der Waals surface area (Å²) in [4.78, 5) is 39.5. The molecular formula is C23H27F3N4O4. The Bertz CT molecular complexity index is 985. The van der Waals surface area contributed by atoms with E-state index in [1.54, 1.807) is 17.9 Å². The normalized spacial score (nSPS) is 19.4. The number of rotatable bonds is 7. The summed E-state index contributed by atoms with van der Waals surface area (Å²) in [5.41, 5.74) is -0.836. The number of ether oxygens (including phenoxy) is 1. The summed E-state index contributed by atoms with van der Waals surface area (Å²) < 4.78 is 42.2. The molecule has 1 aromatic rings. The molecule has 1 aromatic carbocycles. The van der Waals surface area contributed by atoms with Crippen LogP contribution in [0.1, 0.15) is 56.6 Å². The quantitative estimate of drug-likeness (QED) is 0.624. The fraction of sp³-hybridized carbons (Fsp3) is 0.565. The van der Waals surface area contributed by atoms with Gasteiger partial charge < -0.3 is 20.3 Å². The van der Waals surface area contributed by atoms with Gasteiger partial charge in [-0.2, -0.15) is 5.26 Å². The minimum atomic E-state index is -4.94. The number of halogens is 3. The Morgan fingerprint density at radius 3 is 2.59 bits per heavy atom. The first-order valence-corrected chi connectivity index (χ1v) is 11.2. The molecule has 2 fully saturated rings. The number of carbonyl (C=O) groups is 3. The van der Waals surface area contributed by atoms with Crippen LogP contribution in [0.3, 0.4) is 0 Å². The molecule has 8 nitrogen and oxygen atoms in total. The molecule has 3 rings (SSSR count). The molecule has 1 aliphatic heterocycles. The molecule has 0 spiro atoms. The van der Waals surface area contributed by atoms with Crippen LogP contribution in [0.2, 0.25) is 0 Å². The summed E-state index contributed by atoms with van der Waals surface area (Å²) in [5, 5.41) is 14.4. The molecule has 3 amide bonds. The summed E-state index contributed by atoms with van der Waals surface area (Å²) in [6.45, 7) is 2.14. The van der Waals surface area contributed by atoms with Crippen LogP contribution in [0.5, 0.6) is 5.75 Å². The molecule has 0 bridgehead atoms. The van der Waals surface area contributed by atoms with E-state index in [0.717, 1.165) is 12.5 Å². The number of nitrogens with one attached hydrogen (secondary N) is 2. The van der Waals surface area contributed by atoms with Crippen LogP contribution >= 0.6 is 0 Å². The molecule has 1 atom stereocenters. The van der Waals surface area contributed by atoms with Gasteiger partial charge in [-0.1, -0.05) is 13.0 Å². The van der Waals surface area contributed by atoms with Crippen molar-refractivity contribution in [3.8, 4) is 11.8 Å². The van der Waals surface area contributed by atoms with Gasteiger partial charge in [0.2, 0.25) is 17.7 Å². The number of likely N-dealkylation sites (tertiary alicyclic amines) is 1. The van der Waals surface area contributed by atoms with E-state index in [1.165, 1.54) is 12.1 Å². The van der Waals surface area contributed by atoms with Crippen molar-refractivity contribution < 1.29 is 32.3 Å². The summed E-state index contributed by atoms with van der Waals surface area (Å²) in [5.74, 6) is -1.85. The van der Waals surface area contributed by atoms with Crippen LogP contribution in [-0.4, -0.2) is 47.6 Å². The van der Waals surface area contributed by atoms with Crippen LogP contribution < -0.4 is 15.4 Å². The molecule has 1 saturated carbocycles. The molecule has 1 saturated heterocycles. The minimum absolute atomic E-state index is 0.00384. The molecule has 1 aliphatic carbocycles. The van der Waals surface area contributed by atoms with Crippen LogP contribution in [-0.2, 0) is 20.9 Å². The second-order valence-corrected chi connectivity index (χ2v) is 8.63. The maximum absolute atomic E-state index is 13.2. The second-order valence-electron chi connectivity index (χ2n) is 8.63. The van der Waals surface area contributed by atoms with Crippen molar-refractivity contribution >= 4 is 17.7 Å². The molecule has 1 heterocycles. The maximum Gasteiger partial charge on any atom is 0.573 e. The monoisotopic (exact) mass is 480 g/mol. The average Bonchev–Trinajstić information content (AvgIpc) is 2.78. The Kier molecular flexibility index (Phi) is 7.69. The first-order valence-electron chi connectivity index (χ1n) is 11.2. The van der Waals surface area contributed by atoms with Crippen molar-refractivity contribution in [2.24, 2.45) is 5.92 Å². The van der Waals surface area contributed by atoms with Crippen molar-refractivity contribution in [1.29, 1.82) is 5.26 Å². The largest absolute Gasteiger partial charge is 0.573 e. The first kappa shape index (κ1) is 25.3.